The largest absolute Gasteiger partial charge is 0.355 e. The van der Waals surface area contributed by atoms with Crippen molar-refractivity contribution in [2.75, 3.05) is 13.1 Å². The van der Waals surface area contributed by atoms with Gasteiger partial charge in [-0.1, -0.05) is 12.1 Å². The first kappa shape index (κ1) is 14.0. The van der Waals surface area contributed by atoms with Crippen molar-refractivity contribution in [1.82, 2.24) is 10.6 Å². The van der Waals surface area contributed by atoms with Crippen molar-refractivity contribution in [1.29, 1.82) is 0 Å². The van der Waals surface area contributed by atoms with Gasteiger partial charge >= 0.3 is 0 Å². The molecule has 2 amide bonds. The van der Waals surface area contributed by atoms with E-state index in [-0.39, 0.29) is 11.8 Å². The lowest BCUT2D eigenvalue weighted by molar-refractivity contribution is -0.118. The zero-order valence-electron chi connectivity index (χ0n) is 9.84. The van der Waals surface area contributed by atoms with Gasteiger partial charge in [0.1, 0.15) is 0 Å². The number of amides is 2. The average Bonchev–Trinajstić information content (AvgIpc) is 2.24. The zero-order valence-corrected chi connectivity index (χ0v) is 12.0. The molecule has 0 aromatic heterocycles. The summed E-state index contributed by atoms with van der Waals surface area (Å²) in [7, 11) is 0. The molecule has 5 heteroatoms. The molecule has 2 N–H and O–H groups in total. The highest BCUT2D eigenvalue weighted by atomic mass is 127. The van der Waals surface area contributed by atoms with Crippen molar-refractivity contribution in [2.24, 2.45) is 0 Å². The van der Waals surface area contributed by atoms with Gasteiger partial charge in [-0.15, -0.1) is 0 Å². The number of halogens is 1. The third-order valence-corrected chi connectivity index (χ3v) is 3.13. The van der Waals surface area contributed by atoms with E-state index < -0.39 is 0 Å². The minimum absolute atomic E-state index is 0.0929. The van der Waals surface area contributed by atoms with E-state index in [1.165, 1.54) is 6.92 Å². The maximum Gasteiger partial charge on any atom is 0.252 e. The van der Waals surface area contributed by atoms with Crippen LogP contribution in [0, 0.1) is 10.5 Å². The van der Waals surface area contributed by atoms with Crippen LogP contribution < -0.4 is 10.6 Å². The Labute approximate surface area is 114 Å². The molecule has 0 bridgehead atoms. The van der Waals surface area contributed by atoms with E-state index in [9.17, 15) is 9.59 Å². The van der Waals surface area contributed by atoms with Crippen molar-refractivity contribution in [3.05, 3.63) is 32.9 Å². The highest BCUT2D eigenvalue weighted by Gasteiger charge is 2.11. The first-order valence-electron chi connectivity index (χ1n) is 5.30. The van der Waals surface area contributed by atoms with Gasteiger partial charge in [0.2, 0.25) is 5.91 Å². The molecule has 4 nitrogen and oxygen atoms in total. The van der Waals surface area contributed by atoms with Crippen molar-refractivity contribution in [3.8, 4) is 0 Å². The predicted molar refractivity (Wildman–Crippen MR) is 74.9 cm³/mol. The number of carbonyl (C=O) groups is 2. The maximum absolute atomic E-state index is 11.9. The number of hydrogen-bond acceptors (Lipinski definition) is 2. The molecule has 1 rings (SSSR count). The number of carbonyl (C=O) groups excluding carboxylic acids is 2. The molecule has 0 aliphatic rings. The molecular formula is C12H15IN2O2. The highest BCUT2D eigenvalue weighted by molar-refractivity contribution is 14.1. The summed E-state index contributed by atoms with van der Waals surface area (Å²) in [6, 6.07) is 5.73. The van der Waals surface area contributed by atoms with E-state index in [0.29, 0.717) is 18.7 Å². The minimum Gasteiger partial charge on any atom is -0.355 e. The van der Waals surface area contributed by atoms with Gasteiger partial charge in [0.05, 0.1) is 5.56 Å². The molecule has 0 unspecified atom stereocenters. The lowest BCUT2D eigenvalue weighted by Gasteiger charge is -2.09. The fourth-order valence-corrected chi connectivity index (χ4v) is 2.30. The van der Waals surface area contributed by atoms with Crippen LogP contribution in [0.4, 0.5) is 0 Å². The number of nitrogens with one attached hydrogen (secondary N) is 2. The second-order valence-electron chi connectivity index (χ2n) is 3.67. The quantitative estimate of drug-likeness (QED) is 0.641. The van der Waals surface area contributed by atoms with Gasteiger partial charge in [0.15, 0.2) is 0 Å². The zero-order chi connectivity index (χ0) is 12.8. The van der Waals surface area contributed by atoms with E-state index >= 15 is 0 Å². The van der Waals surface area contributed by atoms with Gasteiger partial charge in [-0.25, -0.2) is 0 Å². The summed E-state index contributed by atoms with van der Waals surface area (Å²) < 4.78 is 0.930. The summed E-state index contributed by atoms with van der Waals surface area (Å²) in [5, 5.41) is 5.40. The summed E-state index contributed by atoms with van der Waals surface area (Å²) in [5.41, 5.74) is 1.66. The predicted octanol–water partition coefficient (Wildman–Crippen LogP) is 1.47. The van der Waals surface area contributed by atoms with Gasteiger partial charge in [0.25, 0.3) is 5.91 Å². The van der Waals surface area contributed by atoms with E-state index in [1.54, 1.807) is 0 Å². The van der Waals surface area contributed by atoms with E-state index in [4.69, 9.17) is 0 Å². The number of aryl methyl sites for hydroxylation is 1. The van der Waals surface area contributed by atoms with Gasteiger partial charge in [-0.05, 0) is 41.1 Å². The molecule has 0 heterocycles. The van der Waals surface area contributed by atoms with E-state index in [0.717, 1.165) is 9.13 Å². The number of benzene rings is 1. The number of hydrogen-bond donors (Lipinski definition) is 2. The van der Waals surface area contributed by atoms with Crippen molar-refractivity contribution in [2.45, 2.75) is 13.8 Å². The Morgan fingerprint density at radius 2 is 1.88 bits per heavy atom. The van der Waals surface area contributed by atoms with E-state index in [1.807, 2.05) is 25.1 Å². The lowest BCUT2D eigenvalue weighted by Crippen LogP contribution is -2.34. The molecule has 0 saturated heterocycles. The molecule has 0 spiro atoms. The molecular weight excluding hydrogens is 331 g/mol. The Kier molecular flexibility index (Phi) is 5.40. The molecule has 0 atom stereocenters. The Balaban J connectivity index is 2.55. The smallest absolute Gasteiger partial charge is 0.252 e. The Morgan fingerprint density at radius 3 is 2.47 bits per heavy atom. The summed E-state index contributed by atoms with van der Waals surface area (Å²) in [4.78, 5) is 22.5. The fourth-order valence-electron chi connectivity index (χ4n) is 1.42. The summed E-state index contributed by atoms with van der Waals surface area (Å²) in [5.74, 6) is -0.192. The van der Waals surface area contributed by atoms with Crippen LogP contribution in [0.5, 0.6) is 0 Å². The van der Waals surface area contributed by atoms with Crippen molar-refractivity contribution >= 4 is 34.4 Å². The van der Waals surface area contributed by atoms with Gasteiger partial charge < -0.3 is 10.6 Å². The molecule has 0 fully saturated rings. The average molecular weight is 346 g/mol. The fraction of sp³-hybridized carbons (Fsp3) is 0.333. The SMILES string of the molecule is CC(=O)NCCNC(=O)c1c(C)cccc1I. The first-order valence-corrected chi connectivity index (χ1v) is 6.38. The van der Waals surface area contributed by atoms with Crippen LogP contribution in [0.2, 0.25) is 0 Å². The second kappa shape index (κ2) is 6.58. The van der Waals surface area contributed by atoms with Gasteiger partial charge in [0, 0.05) is 23.6 Å². The normalized spacial score (nSPS) is 9.82. The highest BCUT2D eigenvalue weighted by Crippen LogP contribution is 2.15. The van der Waals surface area contributed by atoms with Crippen LogP contribution in [0.25, 0.3) is 0 Å². The van der Waals surface area contributed by atoms with Crippen LogP contribution in [0.15, 0.2) is 18.2 Å². The maximum atomic E-state index is 11.9. The Morgan fingerprint density at radius 1 is 1.24 bits per heavy atom. The lowest BCUT2D eigenvalue weighted by atomic mass is 10.1. The molecule has 1 aromatic carbocycles. The summed E-state index contributed by atoms with van der Waals surface area (Å²) in [6.07, 6.45) is 0. The molecule has 0 aliphatic carbocycles. The Bertz CT molecular complexity index is 412. The molecule has 0 saturated carbocycles. The topological polar surface area (TPSA) is 58.2 Å². The van der Waals surface area contributed by atoms with Crippen LogP contribution >= 0.6 is 22.6 Å². The van der Waals surface area contributed by atoms with Crippen LogP contribution in [0.3, 0.4) is 0 Å². The summed E-state index contributed by atoms with van der Waals surface area (Å²) >= 11 is 2.14. The van der Waals surface area contributed by atoms with Crippen molar-refractivity contribution < 1.29 is 9.59 Å². The first-order chi connectivity index (χ1) is 8.02. The standard InChI is InChI=1S/C12H15IN2O2/c1-8-4-3-5-10(13)11(8)12(17)15-7-6-14-9(2)16/h3-5H,6-7H2,1-2H3,(H,14,16)(H,15,17). The molecule has 0 aliphatic heterocycles. The third kappa shape index (κ3) is 4.33. The van der Waals surface area contributed by atoms with Gasteiger partial charge in [-0.3, -0.25) is 9.59 Å². The third-order valence-electron chi connectivity index (χ3n) is 2.23. The molecule has 1 aromatic rings. The Hall–Kier alpha value is -1.11. The molecule has 0 radical (unpaired) electrons. The molecule has 92 valence electrons. The minimum atomic E-state index is -0.0992. The molecule has 17 heavy (non-hydrogen) atoms. The van der Waals surface area contributed by atoms with Gasteiger partial charge in [-0.2, -0.15) is 0 Å². The second-order valence-corrected chi connectivity index (χ2v) is 4.83. The monoisotopic (exact) mass is 346 g/mol. The summed E-state index contributed by atoms with van der Waals surface area (Å²) in [6.45, 7) is 4.24. The van der Waals surface area contributed by atoms with Crippen LogP contribution in [0.1, 0.15) is 22.8 Å². The van der Waals surface area contributed by atoms with E-state index in [2.05, 4.69) is 33.2 Å². The number of rotatable bonds is 4. The van der Waals surface area contributed by atoms with Crippen LogP contribution in [-0.2, 0) is 4.79 Å². The van der Waals surface area contributed by atoms with Crippen molar-refractivity contribution in [3.63, 3.8) is 0 Å². The van der Waals surface area contributed by atoms with Crippen LogP contribution in [-0.4, -0.2) is 24.9 Å².